The number of carboxylic acids is 1. The molecule has 1 rings (SSSR count). The molecule has 1 atom stereocenters. The highest BCUT2D eigenvalue weighted by Crippen LogP contribution is 2.20. The first kappa shape index (κ1) is 12.8. The van der Waals surface area contributed by atoms with Crippen LogP contribution < -0.4 is 0 Å². The molecule has 0 fully saturated rings. The topological polar surface area (TPSA) is 37.3 Å². The predicted molar refractivity (Wildman–Crippen MR) is 65.8 cm³/mol. The van der Waals surface area contributed by atoms with Gasteiger partial charge in [-0.25, -0.2) is 0 Å². The molecule has 0 heterocycles. The molecule has 2 nitrogen and oxygen atoms in total. The number of aryl methyl sites for hydroxylation is 3. The summed E-state index contributed by atoms with van der Waals surface area (Å²) in [4.78, 5) is 11.0. The highest BCUT2D eigenvalue weighted by molar-refractivity contribution is 5.70. The monoisotopic (exact) mass is 220 g/mol. The van der Waals surface area contributed by atoms with Crippen molar-refractivity contribution in [3.8, 4) is 0 Å². The molecule has 0 aromatic heterocycles. The lowest BCUT2D eigenvalue weighted by Crippen LogP contribution is -2.16. The van der Waals surface area contributed by atoms with Crippen LogP contribution in [0.1, 0.15) is 35.6 Å². The highest BCUT2D eigenvalue weighted by atomic mass is 16.4. The van der Waals surface area contributed by atoms with Crippen LogP contribution in [0.2, 0.25) is 0 Å². The second-order valence-electron chi connectivity index (χ2n) is 4.51. The lowest BCUT2D eigenvalue weighted by atomic mass is 9.91. The van der Waals surface area contributed by atoms with Gasteiger partial charge in [-0.1, -0.05) is 19.1 Å². The summed E-state index contributed by atoms with van der Waals surface area (Å²) in [5.74, 6) is -0.957. The van der Waals surface area contributed by atoms with Crippen molar-refractivity contribution in [2.75, 3.05) is 0 Å². The van der Waals surface area contributed by atoms with Crippen molar-refractivity contribution < 1.29 is 9.90 Å². The van der Waals surface area contributed by atoms with Crippen molar-refractivity contribution in [2.24, 2.45) is 5.92 Å². The van der Waals surface area contributed by atoms with Gasteiger partial charge in [0, 0.05) is 0 Å². The minimum Gasteiger partial charge on any atom is -0.481 e. The SMILES string of the molecule is CCC(Cc1cc(C)c(C)cc1C)C(=O)O. The van der Waals surface area contributed by atoms with Gasteiger partial charge in [-0.15, -0.1) is 0 Å². The summed E-state index contributed by atoms with van der Waals surface area (Å²) >= 11 is 0. The van der Waals surface area contributed by atoms with Crippen LogP contribution in [0.3, 0.4) is 0 Å². The molecule has 1 unspecified atom stereocenters. The Hall–Kier alpha value is -1.31. The fourth-order valence-corrected chi connectivity index (χ4v) is 1.91. The van der Waals surface area contributed by atoms with E-state index < -0.39 is 5.97 Å². The lowest BCUT2D eigenvalue weighted by molar-refractivity contribution is -0.141. The van der Waals surface area contributed by atoms with Gasteiger partial charge in [-0.05, 0) is 55.9 Å². The van der Waals surface area contributed by atoms with Gasteiger partial charge in [-0.2, -0.15) is 0 Å². The summed E-state index contributed by atoms with van der Waals surface area (Å²) in [5.41, 5.74) is 4.87. The molecule has 0 aliphatic carbocycles. The van der Waals surface area contributed by atoms with Crippen LogP contribution in [-0.4, -0.2) is 11.1 Å². The zero-order valence-corrected chi connectivity index (χ0v) is 10.5. The zero-order chi connectivity index (χ0) is 12.3. The largest absolute Gasteiger partial charge is 0.481 e. The molecule has 0 aliphatic rings. The molecule has 0 bridgehead atoms. The number of carboxylic acid groups (broad SMARTS) is 1. The molecule has 0 aliphatic heterocycles. The molecule has 0 saturated heterocycles. The van der Waals surface area contributed by atoms with E-state index in [0.29, 0.717) is 12.8 Å². The van der Waals surface area contributed by atoms with Gasteiger partial charge in [0.25, 0.3) is 0 Å². The standard InChI is InChI=1S/C14H20O2/c1-5-12(14(15)16)8-13-7-10(3)9(2)6-11(13)4/h6-7,12H,5,8H2,1-4H3,(H,15,16). The summed E-state index contributed by atoms with van der Waals surface area (Å²) in [6.07, 6.45) is 1.32. The third-order valence-corrected chi connectivity index (χ3v) is 3.26. The summed E-state index contributed by atoms with van der Waals surface area (Å²) in [7, 11) is 0. The van der Waals surface area contributed by atoms with Crippen molar-refractivity contribution in [2.45, 2.75) is 40.5 Å². The number of rotatable bonds is 4. The summed E-state index contributed by atoms with van der Waals surface area (Å²) in [6.45, 7) is 8.13. The van der Waals surface area contributed by atoms with E-state index in [2.05, 4.69) is 32.9 Å². The second kappa shape index (κ2) is 5.15. The van der Waals surface area contributed by atoms with Gasteiger partial charge in [0.05, 0.1) is 5.92 Å². The molecule has 88 valence electrons. The van der Waals surface area contributed by atoms with Crippen molar-refractivity contribution in [1.82, 2.24) is 0 Å². The second-order valence-corrected chi connectivity index (χ2v) is 4.51. The van der Waals surface area contributed by atoms with Gasteiger partial charge in [0.15, 0.2) is 0 Å². The van der Waals surface area contributed by atoms with E-state index in [0.717, 1.165) is 5.56 Å². The Morgan fingerprint density at radius 1 is 1.19 bits per heavy atom. The number of hydrogen-bond acceptors (Lipinski definition) is 1. The molecule has 1 N–H and O–H groups in total. The summed E-state index contributed by atoms with van der Waals surface area (Å²) < 4.78 is 0. The van der Waals surface area contributed by atoms with E-state index in [4.69, 9.17) is 5.11 Å². The molecule has 1 aromatic rings. The molecule has 0 saturated carbocycles. The first-order valence-electron chi connectivity index (χ1n) is 5.75. The Balaban J connectivity index is 2.96. The molecule has 1 aromatic carbocycles. The molecular weight excluding hydrogens is 200 g/mol. The van der Waals surface area contributed by atoms with E-state index in [9.17, 15) is 4.79 Å². The maximum Gasteiger partial charge on any atom is 0.306 e. The molecule has 0 spiro atoms. The fraction of sp³-hybridized carbons (Fsp3) is 0.500. The Morgan fingerprint density at radius 2 is 1.75 bits per heavy atom. The molecule has 0 amide bonds. The predicted octanol–water partition coefficient (Wildman–Crippen LogP) is 3.27. The van der Waals surface area contributed by atoms with Crippen LogP contribution in [0.5, 0.6) is 0 Å². The van der Waals surface area contributed by atoms with E-state index in [-0.39, 0.29) is 5.92 Å². The average Bonchev–Trinajstić information content (AvgIpc) is 2.21. The Morgan fingerprint density at radius 3 is 2.25 bits per heavy atom. The van der Waals surface area contributed by atoms with Crippen molar-refractivity contribution in [3.05, 3.63) is 34.4 Å². The fourth-order valence-electron chi connectivity index (χ4n) is 1.91. The molecule has 0 radical (unpaired) electrons. The quantitative estimate of drug-likeness (QED) is 0.845. The smallest absolute Gasteiger partial charge is 0.306 e. The van der Waals surface area contributed by atoms with E-state index in [1.807, 2.05) is 6.92 Å². The third kappa shape index (κ3) is 2.84. The third-order valence-electron chi connectivity index (χ3n) is 3.26. The highest BCUT2D eigenvalue weighted by Gasteiger charge is 2.16. The van der Waals surface area contributed by atoms with Crippen LogP contribution in [0, 0.1) is 26.7 Å². The minimum atomic E-state index is -0.694. The van der Waals surface area contributed by atoms with Crippen LogP contribution in [0.15, 0.2) is 12.1 Å². The van der Waals surface area contributed by atoms with Gasteiger partial charge in [0.1, 0.15) is 0 Å². The first-order chi connectivity index (χ1) is 7.45. The number of hydrogen-bond donors (Lipinski definition) is 1. The van der Waals surface area contributed by atoms with Crippen LogP contribution >= 0.6 is 0 Å². The summed E-state index contributed by atoms with van der Waals surface area (Å²) in [5, 5.41) is 9.05. The maximum atomic E-state index is 11.0. The molecular formula is C14H20O2. The molecule has 2 heteroatoms. The molecule has 16 heavy (non-hydrogen) atoms. The van der Waals surface area contributed by atoms with Crippen LogP contribution in [0.25, 0.3) is 0 Å². The number of carbonyl (C=O) groups is 1. The minimum absolute atomic E-state index is 0.263. The van der Waals surface area contributed by atoms with Crippen molar-refractivity contribution in [1.29, 1.82) is 0 Å². The van der Waals surface area contributed by atoms with Crippen LogP contribution in [-0.2, 0) is 11.2 Å². The summed E-state index contributed by atoms with van der Waals surface area (Å²) in [6, 6.07) is 4.26. The van der Waals surface area contributed by atoms with Gasteiger partial charge in [0.2, 0.25) is 0 Å². The normalized spacial score (nSPS) is 12.5. The Kier molecular flexibility index (Phi) is 4.11. The van der Waals surface area contributed by atoms with Gasteiger partial charge < -0.3 is 5.11 Å². The lowest BCUT2D eigenvalue weighted by Gasteiger charge is -2.14. The van der Waals surface area contributed by atoms with Crippen molar-refractivity contribution >= 4 is 5.97 Å². The average molecular weight is 220 g/mol. The van der Waals surface area contributed by atoms with Crippen molar-refractivity contribution in [3.63, 3.8) is 0 Å². The maximum absolute atomic E-state index is 11.0. The zero-order valence-electron chi connectivity index (χ0n) is 10.5. The van der Waals surface area contributed by atoms with Gasteiger partial charge in [-0.3, -0.25) is 4.79 Å². The van der Waals surface area contributed by atoms with E-state index in [1.54, 1.807) is 0 Å². The van der Waals surface area contributed by atoms with E-state index >= 15 is 0 Å². The van der Waals surface area contributed by atoms with Gasteiger partial charge >= 0.3 is 5.97 Å². The number of aliphatic carboxylic acids is 1. The first-order valence-corrected chi connectivity index (χ1v) is 5.75. The van der Waals surface area contributed by atoms with E-state index in [1.165, 1.54) is 16.7 Å². The Labute approximate surface area is 97.3 Å². The number of benzene rings is 1. The Bertz CT molecular complexity index is 394. The van der Waals surface area contributed by atoms with Crippen LogP contribution in [0.4, 0.5) is 0 Å².